The van der Waals surface area contributed by atoms with Crippen LogP contribution in [-0.2, 0) is 6.42 Å². The van der Waals surface area contributed by atoms with E-state index in [2.05, 4.69) is 10.6 Å². The molecule has 4 nitrogen and oxygen atoms in total. The van der Waals surface area contributed by atoms with Gasteiger partial charge in [0.1, 0.15) is 0 Å². The van der Waals surface area contributed by atoms with E-state index < -0.39 is 29.5 Å². The molecule has 1 fully saturated rings. The Morgan fingerprint density at radius 2 is 1.83 bits per heavy atom. The average molecular weight is 327 g/mol. The van der Waals surface area contributed by atoms with Gasteiger partial charge in [0.15, 0.2) is 17.5 Å². The highest BCUT2D eigenvalue weighted by Crippen LogP contribution is 2.35. The number of amides is 2. The monoisotopic (exact) mass is 327 g/mol. The molecule has 0 aliphatic heterocycles. The fraction of sp³-hybridized carbons (Fsp3) is 0.562. The highest BCUT2D eigenvalue weighted by molar-refractivity contribution is 5.75. The first kappa shape index (κ1) is 16.1. The zero-order valence-corrected chi connectivity index (χ0v) is 12.7. The lowest BCUT2D eigenvalue weighted by Crippen LogP contribution is -2.52. The van der Waals surface area contributed by atoms with Crippen LogP contribution in [0.25, 0.3) is 0 Å². The number of nitrogens with one attached hydrogen (secondary N) is 2. The number of nitrogens with two attached hydrogens (primary N) is 1. The van der Waals surface area contributed by atoms with Gasteiger partial charge < -0.3 is 16.4 Å². The van der Waals surface area contributed by atoms with Crippen molar-refractivity contribution in [1.29, 1.82) is 0 Å². The van der Waals surface area contributed by atoms with Gasteiger partial charge >= 0.3 is 6.03 Å². The summed E-state index contributed by atoms with van der Waals surface area (Å²) in [5, 5.41) is 5.46. The molecule has 23 heavy (non-hydrogen) atoms. The van der Waals surface area contributed by atoms with Crippen LogP contribution in [0.5, 0.6) is 0 Å². The minimum absolute atomic E-state index is 0.0481. The number of aryl methyl sites for hydroxylation is 1. The van der Waals surface area contributed by atoms with E-state index in [1.165, 1.54) is 0 Å². The zero-order valence-electron chi connectivity index (χ0n) is 12.7. The molecule has 1 unspecified atom stereocenters. The van der Waals surface area contributed by atoms with Crippen molar-refractivity contribution < 1.29 is 18.0 Å². The number of benzene rings is 1. The molecule has 3 rings (SSSR count). The Balaban J connectivity index is 1.69. The predicted molar refractivity (Wildman–Crippen MR) is 79.3 cm³/mol. The summed E-state index contributed by atoms with van der Waals surface area (Å²) in [6.45, 7) is 0. The van der Waals surface area contributed by atoms with E-state index in [1.807, 2.05) is 0 Å². The Morgan fingerprint density at radius 3 is 2.57 bits per heavy atom. The van der Waals surface area contributed by atoms with Crippen LogP contribution in [0.4, 0.5) is 18.0 Å². The fourth-order valence-electron chi connectivity index (χ4n) is 3.54. The molecule has 0 saturated heterocycles. The minimum Gasteiger partial charge on any atom is -0.334 e. The van der Waals surface area contributed by atoms with E-state index in [9.17, 15) is 18.0 Å². The molecule has 0 spiro atoms. The van der Waals surface area contributed by atoms with E-state index in [-0.39, 0.29) is 17.6 Å². The van der Waals surface area contributed by atoms with E-state index in [4.69, 9.17) is 5.73 Å². The molecule has 0 bridgehead atoms. The number of rotatable bonds is 2. The van der Waals surface area contributed by atoms with Crippen molar-refractivity contribution >= 4 is 6.03 Å². The van der Waals surface area contributed by atoms with Gasteiger partial charge in [-0.2, -0.15) is 0 Å². The van der Waals surface area contributed by atoms with Crippen molar-refractivity contribution in [2.45, 2.75) is 56.7 Å². The summed E-state index contributed by atoms with van der Waals surface area (Å²) in [4.78, 5) is 12.1. The molecule has 0 aromatic heterocycles. The molecular weight excluding hydrogens is 307 g/mol. The molecule has 1 aromatic carbocycles. The molecule has 2 amide bonds. The van der Waals surface area contributed by atoms with Crippen LogP contribution in [0, 0.1) is 17.5 Å². The molecule has 4 N–H and O–H groups in total. The second kappa shape index (κ2) is 6.39. The van der Waals surface area contributed by atoms with Crippen molar-refractivity contribution in [2.24, 2.45) is 5.73 Å². The van der Waals surface area contributed by atoms with Crippen molar-refractivity contribution in [3.8, 4) is 0 Å². The molecule has 2 aliphatic carbocycles. The lowest BCUT2D eigenvalue weighted by molar-refractivity contribution is 0.225. The number of hydrogen-bond donors (Lipinski definition) is 3. The molecule has 3 atom stereocenters. The fourth-order valence-corrected chi connectivity index (χ4v) is 3.54. The van der Waals surface area contributed by atoms with E-state index in [1.54, 1.807) is 0 Å². The van der Waals surface area contributed by atoms with Crippen molar-refractivity contribution in [2.75, 3.05) is 0 Å². The summed E-state index contributed by atoms with van der Waals surface area (Å²) in [5.41, 5.74) is 6.43. The van der Waals surface area contributed by atoms with Crippen LogP contribution in [0.2, 0.25) is 0 Å². The third-order valence-corrected chi connectivity index (χ3v) is 4.78. The number of halogens is 3. The van der Waals surface area contributed by atoms with Gasteiger partial charge in [-0.05, 0) is 37.3 Å². The third kappa shape index (κ3) is 3.15. The second-order valence-corrected chi connectivity index (χ2v) is 6.32. The minimum atomic E-state index is -1.49. The summed E-state index contributed by atoms with van der Waals surface area (Å²) in [6, 6.07) is -0.299. The Hall–Kier alpha value is -1.76. The van der Waals surface area contributed by atoms with E-state index in [0.29, 0.717) is 18.4 Å². The summed E-state index contributed by atoms with van der Waals surface area (Å²) < 4.78 is 40.7. The maximum absolute atomic E-state index is 14.0. The van der Waals surface area contributed by atoms with Gasteiger partial charge in [-0.25, -0.2) is 18.0 Å². The Labute approximate surface area is 132 Å². The summed E-state index contributed by atoms with van der Waals surface area (Å²) >= 11 is 0. The predicted octanol–water partition coefficient (Wildman–Crippen LogP) is 2.66. The third-order valence-electron chi connectivity index (χ3n) is 4.78. The molecule has 2 aliphatic rings. The van der Waals surface area contributed by atoms with Crippen LogP contribution < -0.4 is 16.4 Å². The Bertz CT molecular complexity index is 623. The topological polar surface area (TPSA) is 67.1 Å². The number of carbonyl (C=O) groups excluding carboxylic acids is 1. The highest BCUT2D eigenvalue weighted by Gasteiger charge is 2.32. The van der Waals surface area contributed by atoms with Gasteiger partial charge in [0.2, 0.25) is 0 Å². The van der Waals surface area contributed by atoms with E-state index in [0.717, 1.165) is 31.7 Å². The van der Waals surface area contributed by atoms with Gasteiger partial charge in [-0.3, -0.25) is 0 Å². The first-order valence-electron chi connectivity index (χ1n) is 7.96. The summed E-state index contributed by atoms with van der Waals surface area (Å²) in [5.74, 6) is -3.90. The van der Waals surface area contributed by atoms with Crippen molar-refractivity contribution in [3.63, 3.8) is 0 Å². The Kier molecular flexibility index (Phi) is 4.48. The van der Waals surface area contributed by atoms with Gasteiger partial charge in [0.25, 0.3) is 0 Å². The summed E-state index contributed by atoms with van der Waals surface area (Å²) in [6.07, 6.45) is 4.54. The highest BCUT2D eigenvalue weighted by atomic mass is 19.2. The maximum atomic E-state index is 14.0. The van der Waals surface area contributed by atoms with Crippen LogP contribution >= 0.6 is 0 Å². The van der Waals surface area contributed by atoms with Crippen molar-refractivity contribution in [3.05, 3.63) is 34.6 Å². The number of carbonyl (C=O) groups is 1. The first-order chi connectivity index (χ1) is 11.0. The van der Waals surface area contributed by atoms with Gasteiger partial charge in [-0.15, -0.1) is 0 Å². The maximum Gasteiger partial charge on any atom is 0.315 e. The lowest BCUT2D eigenvalue weighted by Gasteiger charge is -2.30. The standard InChI is InChI=1S/C16H20F3N3O/c17-9-7-8-5-6-12(13(8)15(19)14(9)18)22-16(23)21-11-4-2-1-3-10(11)20/h7,10-12H,1-6,20H2,(H2,21,22,23)/t10-,11-,12?/m1/s1. The van der Waals surface area contributed by atoms with Gasteiger partial charge in [0.05, 0.1) is 6.04 Å². The molecule has 0 radical (unpaired) electrons. The molecule has 126 valence electrons. The smallest absolute Gasteiger partial charge is 0.315 e. The Morgan fingerprint density at radius 1 is 1.09 bits per heavy atom. The first-order valence-corrected chi connectivity index (χ1v) is 7.96. The van der Waals surface area contributed by atoms with Gasteiger partial charge in [-0.1, -0.05) is 12.8 Å². The molecule has 1 saturated carbocycles. The molecule has 1 aromatic rings. The largest absolute Gasteiger partial charge is 0.334 e. The normalized spacial score (nSPS) is 26.7. The second-order valence-electron chi connectivity index (χ2n) is 6.32. The average Bonchev–Trinajstić information content (AvgIpc) is 2.90. The number of hydrogen-bond acceptors (Lipinski definition) is 2. The number of urea groups is 1. The SMILES string of the molecule is N[C@@H]1CCCC[C@H]1NC(=O)NC1CCc2cc(F)c(F)c(F)c21. The van der Waals surface area contributed by atoms with Crippen LogP contribution in [-0.4, -0.2) is 18.1 Å². The van der Waals surface area contributed by atoms with Crippen LogP contribution in [0.3, 0.4) is 0 Å². The molecular formula is C16H20F3N3O. The van der Waals surface area contributed by atoms with Crippen LogP contribution in [0.15, 0.2) is 6.07 Å². The van der Waals surface area contributed by atoms with Crippen molar-refractivity contribution in [1.82, 2.24) is 10.6 Å². The quantitative estimate of drug-likeness (QED) is 0.731. The van der Waals surface area contributed by atoms with Gasteiger partial charge in [0, 0.05) is 17.6 Å². The zero-order chi connectivity index (χ0) is 16.6. The molecule has 7 heteroatoms. The summed E-state index contributed by atoms with van der Waals surface area (Å²) in [7, 11) is 0. The van der Waals surface area contributed by atoms with E-state index >= 15 is 0 Å². The molecule has 0 heterocycles. The van der Waals surface area contributed by atoms with Crippen LogP contribution in [0.1, 0.15) is 49.3 Å². The lowest BCUT2D eigenvalue weighted by atomic mass is 9.91. The number of fused-ring (bicyclic) bond motifs is 1.